The molecule has 0 amide bonds. The number of benzene rings is 1. The number of hydrogen-bond acceptors (Lipinski definition) is 4. The lowest BCUT2D eigenvalue weighted by molar-refractivity contribution is 0.411. The number of nitrogen functional groups attached to an aromatic ring is 1. The molecule has 0 aliphatic heterocycles. The summed E-state index contributed by atoms with van der Waals surface area (Å²) in [6, 6.07) is 5.21. The Morgan fingerprint density at radius 2 is 2.12 bits per heavy atom. The van der Waals surface area contributed by atoms with Gasteiger partial charge in [0.2, 0.25) is 5.88 Å². The highest BCUT2D eigenvalue weighted by Crippen LogP contribution is 2.33. The van der Waals surface area contributed by atoms with Crippen molar-refractivity contribution in [2.24, 2.45) is 0 Å². The van der Waals surface area contributed by atoms with Gasteiger partial charge in [-0.05, 0) is 19.1 Å². The zero-order chi connectivity index (χ0) is 11.7. The lowest BCUT2D eigenvalue weighted by atomic mass is 10.0. The molecule has 0 aliphatic rings. The van der Waals surface area contributed by atoms with Gasteiger partial charge >= 0.3 is 0 Å². The number of nitrogens with zero attached hydrogens (tertiary/aromatic N) is 1. The highest BCUT2D eigenvalue weighted by atomic mass is 35.5. The molecule has 0 unspecified atom stereocenters. The molecule has 5 heteroatoms. The first-order chi connectivity index (χ1) is 7.61. The topological polar surface area (TPSA) is 61.3 Å². The summed E-state index contributed by atoms with van der Waals surface area (Å²) in [5.41, 5.74) is 7.93. The van der Waals surface area contributed by atoms with Crippen LogP contribution in [0.2, 0.25) is 5.02 Å². The summed E-state index contributed by atoms with van der Waals surface area (Å²) in [5.74, 6) is 0.984. The quantitative estimate of drug-likeness (QED) is 0.874. The summed E-state index contributed by atoms with van der Waals surface area (Å²) in [4.78, 5) is 0. The Labute approximate surface area is 97.9 Å². The third-order valence-electron chi connectivity index (χ3n) is 2.35. The molecule has 1 aromatic carbocycles. The van der Waals surface area contributed by atoms with Gasteiger partial charge in [0.05, 0.1) is 7.11 Å². The van der Waals surface area contributed by atoms with Gasteiger partial charge in [-0.15, -0.1) is 0 Å². The molecule has 2 rings (SSSR count). The van der Waals surface area contributed by atoms with E-state index in [0.29, 0.717) is 16.5 Å². The third kappa shape index (κ3) is 1.84. The summed E-state index contributed by atoms with van der Waals surface area (Å²) in [6.45, 7) is 1.93. The molecular formula is C11H11ClN2O2. The second-order valence-corrected chi connectivity index (χ2v) is 3.83. The first-order valence-electron chi connectivity index (χ1n) is 4.68. The van der Waals surface area contributed by atoms with Crippen LogP contribution in [0.15, 0.2) is 22.7 Å². The van der Waals surface area contributed by atoms with Gasteiger partial charge in [0.15, 0.2) is 0 Å². The zero-order valence-corrected chi connectivity index (χ0v) is 9.71. The Kier molecular flexibility index (Phi) is 2.75. The average molecular weight is 239 g/mol. The van der Waals surface area contributed by atoms with Crippen LogP contribution >= 0.6 is 11.6 Å². The normalized spacial score (nSPS) is 10.4. The number of hydrogen-bond donors (Lipinski definition) is 1. The first kappa shape index (κ1) is 10.8. The number of rotatable bonds is 2. The van der Waals surface area contributed by atoms with Crippen LogP contribution in [0.5, 0.6) is 5.75 Å². The molecular weight excluding hydrogens is 228 g/mol. The smallest absolute Gasteiger partial charge is 0.222 e. The fourth-order valence-corrected chi connectivity index (χ4v) is 1.76. The summed E-state index contributed by atoms with van der Waals surface area (Å²) in [6.07, 6.45) is 0. The lowest BCUT2D eigenvalue weighted by Crippen LogP contribution is -1.91. The Hall–Kier alpha value is -1.68. The Bertz CT molecular complexity index is 523. The van der Waals surface area contributed by atoms with Gasteiger partial charge < -0.3 is 15.0 Å². The molecule has 1 aromatic heterocycles. The minimum atomic E-state index is 0.272. The fourth-order valence-electron chi connectivity index (χ4n) is 1.55. The number of aromatic nitrogens is 1. The van der Waals surface area contributed by atoms with E-state index in [0.717, 1.165) is 11.1 Å². The van der Waals surface area contributed by atoms with E-state index in [4.69, 9.17) is 26.6 Å². The molecule has 16 heavy (non-hydrogen) atoms. The number of anilines is 1. The van der Waals surface area contributed by atoms with Crippen molar-refractivity contribution in [1.82, 2.24) is 5.16 Å². The van der Waals surface area contributed by atoms with Gasteiger partial charge in [-0.1, -0.05) is 16.8 Å². The van der Waals surface area contributed by atoms with E-state index in [-0.39, 0.29) is 5.88 Å². The van der Waals surface area contributed by atoms with Crippen molar-refractivity contribution in [2.75, 3.05) is 12.8 Å². The van der Waals surface area contributed by atoms with Crippen LogP contribution in [-0.2, 0) is 0 Å². The van der Waals surface area contributed by atoms with Gasteiger partial charge in [-0.2, -0.15) is 0 Å². The number of halogens is 1. The zero-order valence-electron chi connectivity index (χ0n) is 8.95. The average Bonchev–Trinajstić information content (AvgIpc) is 2.67. The van der Waals surface area contributed by atoms with Gasteiger partial charge in [0, 0.05) is 22.2 Å². The van der Waals surface area contributed by atoms with Gasteiger partial charge in [-0.25, -0.2) is 0 Å². The van der Waals surface area contributed by atoms with E-state index in [1.807, 2.05) is 6.92 Å². The Balaban J connectivity index is 2.60. The van der Waals surface area contributed by atoms with Gasteiger partial charge in [0.1, 0.15) is 11.4 Å². The molecule has 0 radical (unpaired) electrons. The second-order valence-electron chi connectivity index (χ2n) is 3.40. The van der Waals surface area contributed by atoms with Crippen LogP contribution < -0.4 is 10.5 Å². The van der Waals surface area contributed by atoms with Crippen LogP contribution in [0.3, 0.4) is 0 Å². The summed E-state index contributed by atoms with van der Waals surface area (Å²) in [7, 11) is 1.60. The lowest BCUT2D eigenvalue weighted by Gasteiger charge is -2.08. The monoisotopic (exact) mass is 238 g/mol. The maximum Gasteiger partial charge on any atom is 0.222 e. The van der Waals surface area contributed by atoms with Gasteiger partial charge in [-0.3, -0.25) is 0 Å². The van der Waals surface area contributed by atoms with E-state index >= 15 is 0 Å². The van der Waals surface area contributed by atoms with Crippen LogP contribution in [0.4, 0.5) is 5.88 Å². The molecule has 0 atom stereocenters. The first-order valence-corrected chi connectivity index (χ1v) is 5.06. The third-order valence-corrected chi connectivity index (χ3v) is 2.57. The summed E-state index contributed by atoms with van der Waals surface area (Å²) in [5, 5.41) is 4.43. The van der Waals surface area contributed by atoms with Crippen LogP contribution in [-0.4, -0.2) is 12.3 Å². The summed E-state index contributed by atoms with van der Waals surface area (Å²) >= 11 is 5.99. The molecule has 1 heterocycles. The van der Waals surface area contributed by atoms with Crippen molar-refractivity contribution < 1.29 is 9.26 Å². The minimum absolute atomic E-state index is 0.272. The van der Waals surface area contributed by atoms with Crippen molar-refractivity contribution in [2.45, 2.75) is 6.92 Å². The Morgan fingerprint density at radius 1 is 1.38 bits per heavy atom. The molecule has 0 saturated heterocycles. The van der Waals surface area contributed by atoms with E-state index < -0.39 is 0 Å². The molecule has 0 aliphatic carbocycles. The maximum atomic E-state index is 5.99. The van der Waals surface area contributed by atoms with E-state index in [1.54, 1.807) is 25.3 Å². The van der Waals surface area contributed by atoms with E-state index in [2.05, 4.69) is 5.16 Å². The number of methoxy groups -OCH3 is 1. The second kappa shape index (κ2) is 4.06. The number of nitrogens with two attached hydrogens (primary N) is 1. The van der Waals surface area contributed by atoms with Gasteiger partial charge in [0.25, 0.3) is 0 Å². The highest BCUT2D eigenvalue weighted by molar-refractivity contribution is 6.31. The molecule has 0 fully saturated rings. The summed E-state index contributed by atoms with van der Waals surface area (Å²) < 4.78 is 10.1. The Morgan fingerprint density at radius 3 is 2.69 bits per heavy atom. The molecule has 4 nitrogen and oxygen atoms in total. The van der Waals surface area contributed by atoms with Crippen LogP contribution in [0, 0.1) is 6.92 Å². The SMILES string of the molecule is COc1cc(Cl)cc(-c2cc(N)on2)c1C. The highest BCUT2D eigenvalue weighted by Gasteiger charge is 2.12. The van der Waals surface area contributed by atoms with Crippen molar-refractivity contribution in [3.63, 3.8) is 0 Å². The predicted octanol–water partition coefficient (Wildman–Crippen LogP) is 2.89. The molecule has 0 spiro atoms. The molecule has 2 N–H and O–H groups in total. The van der Waals surface area contributed by atoms with E-state index in [1.165, 1.54) is 0 Å². The maximum absolute atomic E-state index is 5.99. The van der Waals surface area contributed by atoms with Crippen molar-refractivity contribution in [3.05, 3.63) is 28.8 Å². The fraction of sp³-hybridized carbons (Fsp3) is 0.182. The van der Waals surface area contributed by atoms with E-state index in [9.17, 15) is 0 Å². The minimum Gasteiger partial charge on any atom is -0.496 e. The molecule has 0 bridgehead atoms. The predicted molar refractivity (Wildman–Crippen MR) is 62.7 cm³/mol. The number of ether oxygens (including phenoxy) is 1. The van der Waals surface area contributed by atoms with Crippen molar-refractivity contribution >= 4 is 17.5 Å². The molecule has 2 aromatic rings. The molecule has 0 saturated carbocycles. The van der Waals surface area contributed by atoms with Crippen molar-refractivity contribution in [3.8, 4) is 17.0 Å². The van der Waals surface area contributed by atoms with Crippen molar-refractivity contribution in [1.29, 1.82) is 0 Å². The standard InChI is InChI=1S/C11H11ClN2O2/c1-6-8(9-5-11(13)16-14-9)3-7(12)4-10(6)15-2/h3-5H,13H2,1-2H3. The van der Waals surface area contributed by atoms with Crippen LogP contribution in [0.25, 0.3) is 11.3 Å². The molecule has 84 valence electrons. The largest absolute Gasteiger partial charge is 0.496 e. The van der Waals surface area contributed by atoms with Crippen LogP contribution in [0.1, 0.15) is 5.56 Å².